The second kappa shape index (κ2) is 3.49. The minimum Gasteiger partial charge on any atom is -0.468 e. The number of β-amino-alcohol motifs (C(OH)–C–C–N with tert-alkyl or cyclic N) is 2. The van der Waals surface area contributed by atoms with Gasteiger partial charge in [-0.3, -0.25) is 4.90 Å². The van der Waals surface area contributed by atoms with Crippen molar-refractivity contribution in [3.05, 3.63) is 24.2 Å². The van der Waals surface area contributed by atoms with Gasteiger partial charge in [0.15, 0.2) is 0 Å². The number of aliphatic hydroxyl groups excluding tert-OH is 2. The third-order valence-corrected chi connectivity index (χ3v) is 2.29. The Kier molecular flexibility index (Phi) is 2.35. The normalized spacial score (nSPS) is 29.7. The van der Waals surface area contributed by atoms with E-state index in [0.29, 0.717) is 19.6 Å². The van der Waals surface area contributed by atoms with Crippen LogP contribution in [-0.2, 0) is 6.54 Å². The zero-order valence-electron chi connectivity index (χ0n) is 7.26. The average Bonchev–Trinajstić information content (AvgIpc) is 2.64. The molecule has 0 radical (unpaired) electrons. The van der Waals surface area contributed by atoms with Gasteiger partial charge in [0.05, 0.1) is 25.0 Å². The van der Waals surface area contributed by atoms with Crippen molar-refractivity contribution < 1.29 is 14.6 Å². The highest BCUT2D eigenvalue weighted by atomic mass is 16.3. The Morgan fingerprint density at radius 2 is 2.08 bits per heavy atom. The lowest BCUT2D eigenvalue weighted by Crippen LogP contribution is -2.22. The number of hydrogen-bond donors (Lipinski definition) is 2. The monoisotopic (exact) mass is 183 g/mol. The van der Waals surface area contributed by atoms with E-state index in [-0.39, 0.29) is 0 Å². The van der Waals surface area contributed by atoms with Crippen LogP contribution in [0.4, 0.5) is 0 Å². The van der Waals surface area contributed by atoms with Crippen molar-refractivity contribution in [3.8, 4) is 0 Å². The first-order valence-electron chi connectivity index (χ1n) is 4.36. The van der Waals surface area contributed by atoms with Crippen LogP contribution in [0.1, 0.15) is 5.76 Å². The molecule has 2 atom stereocenters. The van der Waals surface area contributed by atoms with E-state index >= 15 is 0 Å². The predicted octanol–water partition coefficient (Wildman–Crippen LogP) is -0.183. The quantitative estimate of drug-likeness (QED) is 0.667. The third kappa shape index (κ3) is 1.91. The largest absolute Gasteiger partial charge is 0.468 e. The standard InChI is InChI=1S/C9H13NO3/c11-8-5-10(6-9(8)12)4-7-2-1-3-13-7/h1-3,8-9,11-12H,4-6H2. The molecule has 0 aliphatic carbocycles. The summed E-state index contributed by atoms with van der Waals surface area (Å²) in [6.45, 7) is 1.69. The van der Waals surface area contributed by atoms with Crippen molar-refractivity contribution in [1.82, 2.24) is 4.90 Å². The van der Waals surface area contributed by atoms with Gasteiger partial charge in [-0.1, -0.05) is 0 Å². The zero-order valence-corrected chi connectivity index (χ0v) is 7.26. The van der Waals surface area contributed by atoms with E-state index < -0.39 is 12.2 Å². The van der Waals surface area contributed by atoms with Gasteiger partial charge in [-0.05, 0) is 12.1 Å². The molecule has 1 aliphatic heterocycles. The van der Waals surface area contributed by atoms with Gasteiger partial charge < -0.3 is 14.6 Å². The zero-order chi connectivity index (χ0) is 9.26. The van der Waals surface area contributed by atoms with Crippen molar-refractivity contribution in [2.75, 3.05) is 13.1 Å². The van der Waals surface area contributed by atoms with Gasteiger partial charge in [-0.2, -0.15) is 0 Å². The molecule has 1 fully saturated rings. The molecule has 72 valence electrons. The van der Waals surface area contributed by atoms with Gasteiger partial charge in [0, 0.05) is 13.1 Å². The number of nitrogens with zero attached hydrogens (tertiary/aromatic N) is 1. The molecule has 2 rings (SSSR count). The highest BCUT2D eigenvalue weighted by Gasteiger charge is 2.29. The fourth-order valence-corrected chi connectivity index (χ4v) is 1.60. The number of hydrogen-bond acceptors (Lipinski definition) is 4. The first-order chi connectivity index (χ1) is 6.25. The summed E-state index contributed by atoms with van der Waals surface area (Å²) >= 11 is 0. The van der Waals surface area contributed by atoms with E-state index in [1.54, 1.807) is 6.26 Å². The SMILES string of the molecule is OC1CN(Cc2ccco2)CC1O. The van der Waals surface area contributed by atoms with Crippen LogP contribution in [0.2, 0.25) is 0 Å². The van der Waals surface area contributed by atoms with E-state index in [1.807, 2.05) is 17.0 Å². The molecular weight excluding hydrogens is 170 g/mol. The third-order valence-electron chi connectivity index (χ3n) is 2.29. The highest BCUT2D eigenvalue weighted by Crippen LogP contribution is 2.13. The number of furan rings is 1. The maximum atomic E-state index is 9.27. The minimum absolute atomic E-state index is 0.516. The fraction of sp³-hybridized carbons (Fsp3) is 0.556. The smallest absolute Gasteiger partial charge is 0.117 e. The molecule has 4 nitrogen and oxygen atoms in total. The van der Waals surface area contributed by atoms with Gasteiger partial charge in [0.1, 0.15) is 5.76 Å². The molecule has 1 aliphatic rings. The van der Waals surface area contributed by atoms with E-state index in [9.17, 15) is 10.2 Å². The maximum absolute atomic E-state index is 9.27. The first kappa shape index (κ1) is 8.74. The minimum atomic E-state index is -0.616. The summed E-state index contributed by atoms with van der Waals surface area (Å²) in [5.41, 5.74) is 0. The second-order valence-electron chi connectivity index (χ2n) is 3.41. The molecule has 4 heteroatoms. The van der Waals surface area contributed by atoms with Crippen molar-refractivity contribution in [3.63, 3.8) is 0 Å². The van der Waals surface area contributed by atoms with Crippen LogP contribution in [0.5, 0.6) is 0 Å². The van der Waals surface area contributed by atoms with Gasteiger partial charge >= 0.3 is 0 Å². The average molecular weight is 183 g/mol. The first-order valence-corrected chi connectivity index (χ1v) is 4.36. The van der Waals surface area contributed by atoms with Crippen LogP contribution >= 0.6 is 0 Å². The lowest BCUT2D eigenvalue weighted by Gasteiger charge is -2.11. The Morgan fingerprint density at radius 3 is 2.62 bits per heavy atom. The van der Waals surface area contributed by atoms with Crippen LogP contribution in [-0.4, -0.2) is 40.4 Å². The fourth-order valence-electron chi connectivity index (χ4n) is 1.60. The van der Waals surface area contributed by atoms with Crippen molar-refractivity contribution in [1.29, 1.82) is 0 Å². The highest BCUT2D eigenvalue weighted by molar-refractivity contribution is 4.99. The lowest BCUT2D eigenvalue weighted by atomic mass is 10.3. The van der Waals surface area contributed by atoms with Crippen molar-refractivity contribution in [2.24, 2.45) is 0 Å². The number of likely N-dealkylation sites (tertiary alicyclic amines) is 1. The molecule has 0 bridgehead atoms. The molecule has 2 N–H and O–H groups in total. The molecule has 0 spiro atoms. The maximum Gasteiger partial charge on any atom is 0.117 e. The Bertz CT molecular complexity index is 250. The molecule has 0 aromatic carbocycles. The molecule has 1 saturated heterocycles. The summed E-state index contributed by atoms with van der Waals surface area (Å²) in [5, 5.41) is 18.5. The van der Waals surface area contributed by atoms with Gasteiger partial charge in [0.2, 0.25) is 0 Å². The molecular formula is C9H13NO3. The molecule has 0 amide bonds. The second-order valence-corrected chi connectivity index (χ2v) is 3.41. The Hall–Kier alpha value is -0.840. The Morgan fingerprint density at radius 1 is 1.38 bits per heavy atom. The van der Waals surface area contributed by atoms with Crippen LogP contribution in [0.15, 0.2) is 22.8 Å². The van der Waals surface area contributed by atoms with Gasteiger partial charge in [-0.15, -0.1) is 0 Å². The molecule has 1 aromatic heterocycles. The van der Waals surface area contributed by atoms with Gasteiger partial charge in [0.25, 0.3) is 0 Å². The van der Waals surface area contributed by atoms with Crippen LogP contribution in [0, 0.1) is 0 Å². The number of rotatable bonds is 2. The molecule has 2 unspecified atom stereocenters. The summed E-state index contributed by atoms with van der Waals surface area (Å²) in [6, 6.07) is 3.72. The van der Waals surface area contributed by atoms with Crippen LogP contribution < -0.4 is 0 Å². The lowest BCUT2D eigenvalue weighted by molar-refractivity contribution is 0.0572. The van der Waals surface area contributed by atoms with Crippen molar-refractivity contribution >= 4 is 0 Å². The van der Waals surface area contributed by atoms with E-state index in [4.69, 9.17) is 4.42 Å². The predicted molar refractivity (Wildman–Crippen MR) is 46.0 cm³/mol. The Balaban J connectivity index is 1.91. The summed E-state index contributed by atoms with van der Waals surface area (Å²) in [7, 11) is 0. The van der Waals surface area contributed by atoms with E-state index in [2.05, 4.69) is 0 Å². The van der Waals surface area contributed by atoms with Gasteiger partial charge in [-0.25, -0.2) is 0 Å². The molecule has 2 heterocycles. The molecule has 1 aromatic rings. The number of aliphatic hydroxyl groups is 2. The van der Waals surface area contributed by atoms with Crippen LogP contribution in [0.3, 0.4) is 0 Å². The summed E-state index contributed by atoms with van der Waals surface area (Å²) in [4.78, 5) is 1.97. The summed E-state index contributed by atoms with van der Waals surface area (Å²) < 4.78 is 5.16. The van der Waals surface area contributed by atoms with E-state index in [1.165, 1.54) is 0 Å². The molecule has 0 saturated carbocycles. The van der Waals surface area contributed by atoms with Crippen molar-refractivity contribution in [2.45, 2.75) is 18.8 Å². The van der Waals surface area contributed by atoms with E-state index in [0.717, 1.165) is 5.76 Å². The Labute approximate surface area is 76.4 Å². The van der Waals surface area contributed by atoms with Crippen LogP contribution in [0.25, 0.3) is 0 Å². The topological polar surface area (TPSA) is 56.8 Å². The molecule has 13 heavy (non-hydrogen) atoms. The summed E-state index contributed by atoms with van der Waals surface area (Å²) in [5.74, 6) is 0.862. The summed E-state index contributed by atoms with van der Waals surface area (Å²) in [6.07, 6.45) is 0.392.